The smallest absolute Gasteiger partial charge is 0.339 e. The van der Waals surface area contributed by atoms with Crippen molar-refractivity contribution < 1.29 is 9.53 Å². The van der Waals surface area contributed by atoms with Crippen molar-refractivity contribution in [3.63, 3.8) is 0 Å². The number of H-pyrrole nitrogens is 1. The van der Waals surface area contributed by atoms with Gasteiger partial charge in [-0.15, -0.1) is 0 Å². The van der Waals surface area contributed by atoms with Gasteiger partial charge >= 0.3 is 5.97 Å². The molecule has 1 aliphatic heterocycles. The Hall–Kier alpha value is -3.53. The Kier molecular flexibility index (Phi) is 3.72. The molecule has 28 heavy (non-hydrogen) atoms. The van der Waals surface area contributed by atoms with Gasteiger partial charge in [-0.2, -0.15) is 0 Å². The minimum atomic E-state index is -0.436. The highest BCUT2D eigenvalue weighted by atomic mass is 16.5. The molecule has 0 bridgehead atoms. The van der Waals surface area contributed by atoms with Crippen molar-refractivity contribution in [2.75, 3.05) is 19.0 Å². The number of nitrogens with one attached hydrogen (secondary N) is 1. The third-order valence-electron chi connectivity index (χ3n) is 5.35. The highest BCUT2D eigenvalue weighted by Crippen LogP contribution is 2.44. The predicted molar refractivity (Wildman–Crippen MR) is 112 cm³/mol. The molecule has 0 saturated heterocycles. The maximum absolute atomic E-state index is 12.6. The normalized spacial score (nSPS) is 15.5. The standard InChI is InChI=1S/C24H20N2O2/c1-26(2)16-12-13-17-19(14-16)23(28-24(17)27)21-18-10-6-7-11-20(18)25-22(21)15-8-4-3-5-9-15/h3-14,23,25H,1-2H3. The van der Waals surface area contributed by atoms with Crippen LogP contribution in [0.2, 0.25) is 0 Å². The molecule has 1 N–H and O–H groups in total. The highest BCUT2D eigenvalue weighted by molar-refractivity contribution is 5.98. The van der Waals surface area contributed by atoms with Gasteiger partial charge in [-0.05, 0) is 29.8 Å². The van der Waals surface area contributed by atoms with Crippen molar-refractivity contribution in [1.82, 2.24) is 4.98 Å². The van der Waals surface area contributed by atoms with Crippen LogP contribution < -0.4 is 4.90 Å². The van der Waals surface area contributed by atoms with Crippen molar-refractivity contribution in [2.24, 2.45) is 0 Å². The van der Waals surface area contributed by atoms with Gasteiger partial charge in [0.05, 0.1) is 11.3 Å². The topological polar surface area (TPSA) is 45.3 Å². The van der Waals surface area contributed by atoms with Crippen molar-refractivity contribution in [2.45, 2.75) is 6.10 Å². The minimum absolute atomic E-state index is 0.269. The lowest BCUT2D eigenvalue weighted by atomic mass is 9.94. The summed E-state index contributed by atoms with van der Waals surface area (Å²) in [5.74, 6) is -0.269. The van der Waals surface area contributed by atoms with Crippen LogP contribution in [0.1, 0.15) is 27.6 Å². The molecule has 1 aliphatic rings. The van der Waals surface area contributed by atoms with Crippen LogP contribution in [-0.2, 0) is 4.74 Å². The number of carbonyl (C=O) groups is 1. The van der Waals surface area contributed by atoms with E-state index in [9.17, 15) is 4.79 Å². The Labute approximate surface area is 163 Å². The fourth-order valence-electron chi connectivity index (χ4n) is 3.95. The average Bonchev–Trinajstić information content (AvgIpc) is 3.26. The van der Waals surface area contributed by atoms with Gasteiger partial charge in [0.25, 0.3) is 0 Å². The molecule has 1 unspecified atom stereocenters. The molecule has 4 aromatic rings. The van der Waals surface area contributed by atoms with Crippen LogP contribution in [0.5, 0.6) is 0 Å². The number of benzene rings is 3. The number of ether oxygens (including phenoxy) is 1. The first kappa shape index (κ1) is 16.6. The van der Waals surface area contributed by atoms with Gasteiger partial charge in [0.2, 0.25) is 0 Å². The number of hydrogen-bond acceptors (Lipinski definition) is 3. The first-order valence-corrected chi connectivity index (χ1v) is 9.32. The summed E-state index contributed by atoms with van der Waals surface area (Å²) >= 11 is 0. The molecular weight excluding hydrogens is 348 g/mol. The number of hydrogen-bond donors (Lipinski definition) is 1. The number of esters is 1. The van der Waals surface area contributed by atoms with Crippen LogP contribution in [0.4, 0.5) is 5.69 Å². The molecule has 0 radical (unpaired) electrons. The number of aromatic amines is 1. The van der Waals surface area contributed by atoms with Crippen LogP contribution in [0.15, 0.2) is 72.8 Å². The van der Waals surface area contributed by atoms with Gasteiger partial charge in [0.1, 0.15) is 0 Å². The molecule has 0 aliphatic carbocycles. The van der Waals surface area contributed by atoms with Crippen molar-refractivity contribution in [3.8, 4) is 11.3 Å². The Bertz CT molecular complexity index is 1190. The number of carbonyl (C=O) groups excluding carboxylic acids is 1. The molecule has 4 nitrogen and oxygen atoms in total. The van der Waals surface area contributed by atoms with E-state index in [4.69, 9.17) is 4.74 Å². The van der Waals surface area contributed by atoms with E-state index in [-0.39, 0.29) is 5.97 Å². The van der Waals surface area contributed by atoms with E-state index in [0.29, 0.717) is 5.56 Å². The number of cyclic esters (lactones) is 1. The summed E-state index contributed by atoms with van der Waals surface area (Å²) in [5.41, 5.74) is 6.69. The third kappa shape index (κ3) is 2.49. The molecule has 0 amide bonds. The molecule has 1 aromatic heterocycles. The summed E-state index contributed by atoms with van der Waals surface area (Å²) in [6.07, 6.45) is -0.436. The average molecular weight is 368 g/mol. The molecule has 0 spiro atoms. The Morgan fingerprint density at radius 3 is 2.46 bits per heavy atom. The lowest BCUT2D eigenvalue weighted by Crippen LogP contribution is -2.09. The lowest BCUT2D eigenvalue weighted by Gasteiger charge is -2.16. The summed E-state index contributed by atoms with van der Waals surface area (Å²) in [7, 11) is 3.99. The van der Waals surface area contributed by atoms with E-state index in [1.165, 1.54) is 0 Å². The number of anilines is 1. The van der Waals surface area contributed by atoms with Crippen molar-refractivity contribution in [3.05, 3.63) is 89.5 Å². The quantitative estimate of drug-likeness (QED) is 0.508. The summed E-state index contributed by atoms with van der Waals surface area (Å²) < 4.78 is 5.90. The highest BCUT2D eigenvalue weighted by Gasteiger charge is 2.36. The zero-order valence-corrected chi connectivity index (χ0v) is 15.8. The Morgan fingerprint density at radius 2 is 1.68 bits per heavy atom. The number of para-hydroxylation sites is 1. The number of nitrogens with zero attached hydrogens (tertiary/aromatic N) is 1. The van der Waals surface area contributed by atoms with Crippen LogP contribution in [0, 0.1) is 0 Å². The van der Waals surface area contributed by atoms with Gasteiger partial charge in [-0.25, -0.2) is 4.79 Å². The second kappa shape index (κ2) is 6.27. The SMILES string of the molecule is CN(C)c1ccc2c(c1)C(c1c(-c3ccccc3)[nH]c3ccccc13)OC2=O. The summed E-state index contributed by atoms with van der Waals surface area (Å²) in [4.78, 5) is 18.2. The van der Waals surface area contributed by atoms with E-state index >= 15 is 0 Å². The number of rotatable bonds is 3. The largest absolute Gasteiger partial charge is 0.449 e. The maximum atomic E-state index is 12.6. The molecule has 138 valence electrons. The molecule has 3 aromatic carbocycles. The van der Waals surface area contributed by atoms with Crippen LogP contribution in [0.25, 0.3) is 22.2 Å². The fraction of sp³-hybridized carbons (Fsp3) is 0.125. The van der Waals surface area contributed by atoms with E-state index in [2.05, 4.69) is 35.3 Å². The van der Waals surface area contributed by atoms with Crippen LogP contribution in [0.3, 0.4) is 0 Å². The zero-order valence-electron chi connectivity index (χ0n) is 15.8. The first-order valence-electron chi connectivity index (χ1n) is 9.32. The van der Waals surface area contributed by atoms with Crippen molar-refractivity contribution in [1.29, 1.82) is 0 Å². The summed E-state index contributed by atoms with van der Waals surface area (Å²) in [6, 6.07) is 24.2. The third-order valence-corrected chi connectivity index (χ3v) is 5.35. The first-order chi connectivity index (χ1) is 13.6. The second-order valence-electron chi connectivity index (χ2n) is 7.28. The predicted octanol–water partition coefficient (Wildman–Crippen LogP) is 5.16. The zero-order chi connectivity index (χ0) is 19.3. The lowest BCUT2D eigenvalue weighted by molar-refractivity contribution is 0.0459. The molecule has 0 saturated carbocycles. The number of aromatic nitrogens is 1. The maximum Gasteiger partial charge on any atom is 0.339 e. The van der Waals surface area contributed by atoms with Crippen LogP contribution in [-0.4, -0.2) is 25.0 Å². The number of fused-ring (bicyclic) bond motifs is 2. The Morgan fingerprint density at radius 1 is 0.929 bits per heavy atom. The fourth-order valence-corrected chi connectivity index (χ4v) is 3.95. The van der Waals surface area contributed by atoms with E-state index in [1.54, 1.807) is 0 Å². The molecule has 1 atom stereocenters. The second-order valence-corrected chi connectivity index (χ2v) is 7.28. The van der Waals surface area contributed by atoms with Gasteiger partial charge in [0, 0.05) is 41.8 Å². The van der Waals surface area contributed by atoms with E-state index < -0.39 is 6.10 Å². The van der Waals surface area contributed by atoms with E-state index in [0.717, 1.165) is 39.0 Å². The molecule has 4 heteroatoms. The summed E-state index contributed by atoms with van der Waals surface area (Å²) in [6.45, 7) is 0. The molecule has 0 fully saturated rings. The molecule has 2 heterocycles. The van der Waals surface area contributed by atoms with Gasteiger partial charge < -0.3 is 14.6 Å². The summed E-state index contributed by atoms with van der Waals surface area (Å²) in [5, 5.41) is 1.07. The van der Waals surface area contributed by atoms with Gasteiger partial charge in [-0.1, -0.05) is 48.5 Å². The molecule has 5 rings (SSSR count). The van der Waals surface area contributed by atoms with Crippen LogP contribution >= 0.6 is 0 Å². The van der Waals surface area contributed by atoms with E-state index in [1.807, 2.05) is 61.5 Å². The van der Waals surface area contributed by atoms with Crippen molar-refractivity contribution >= 4 is 22.6 Å². The van der Waals surface area contributed by atoms with Gasteiger partial charge in [-0.3, -0.25) is 0 Å². The van der Waals surface area contributed by atoms with Gasteiger partial charge in [0.15, 0.2) is 6.10 Å². The monoisotopic (exact) mass is 368 g/mol. The molecular formula is C24H20N2O2. The Balaban J connectivity index is 1.77. The minimum Gasteiger partial charge on any atom is -0.449 e.